The molecular weight excluding hydrogens is 446 g/mol. The maximum atomic E-state index is 13.0. The summed E-state index contributed by atoms with van der Waals surface area (Å²) < 4.78 is 5.09. The number of allylic oxidation sites excluding steroid dienone is 1. The largest absolute Gasteiger partial charge is 0.466 e. The number of rotatable bonds is 5. The number of amides is 1. The molecule has 1 aromatic rings. The van der Waals surface area contributed by atoms with Gasteiger partial charge in [0.2, 0.25) is 5.91 Å². The number of thioether (sulfide) groups is 1. The fraction of sp³-hybridized carbons (Fsp3) is 0.458. The second-order valence-corrected chi connectivity index (χ2v) is 10.2. The number of amidine groups is 1. The molecule has 0 spiro atoms. The van der Waals surface area contributed by atoms with Crippen molar-refractivity contribution in [2.75, 3.05) is 7.11 Å². The van der Waals surface area contributed by atoms with Crippen LogP contribution in [0, 0.1) is 11.8 Å². The summed E-state index contributed by atoms with van der Waals surface area (Å²) in [5.74, 6) is 1.00. The summed E-state index contributed by atoms with van der Waals surface area (Å²) in [5.41, 5.74) is 2.82. The Morgan fingerprint density at radius 1 is 1.25 bits per heavy atom. The predicted octanol–water partition coefficient (Wildman–Crippen LogP) is 4.78. The van der Waals surface area contributed by atoms with Crippen LogP contribution in [-0.2, 0) is 14.3 Å². The van der Waals surface area contributed by atoms with E-state index in [0.29, 0.717) is 28.3 Å². The highest BCUT2D eigenvalue weighted by Crippen LogP contribution is 2.46. The number of nitrogens with one attached hydrogen (secondary N) is 1. The molecule has 6 nitrogen and oxygen atoms in total. The first-order valence-electron chi connectivity index (χ1n) is 11.0. The highest BCUT2D eigenvalue weighted by Gasteiger charge is 2.42. The molecule has 2 bridgehead atoms. The zero-order chi connectivity index (χ0) is 22.4. The number of hydrogen-bond acceptors (Lipinski definition) is 6. The molecule has 1 aromatic carbocycles. The standard InChI is InChI=1S/C24H26ClN3O3S/c1-13-21(23(30)31-2)22(15-5-7-17(25)8-6-15)28-18(12-32-24(28)26-13)11-20(29)27-19-10-14-3-4-16(19)9-14/h5-8,12,14,16,19,22H,3-4,9-11H2,1-2H3,(H,27,29). The Hall–Kier alpha value is -2.25. The molecule has 4 atom stereocenters. The molecule has 168 valence electrons. The number of hydrogen-bond donors (Lipinski definition) is 1. The van der Waals surface area contributed by atoms with E-state index < -0.39 is 12.0 Å². The summed E-state index contributed by atoms with van der Waals surface area (Å²) in [4.78, 5) is 32.4. The van der Waals surface area contributed by atoms with Crippen LogP contribution >= 0.6 is 23.4 Å². The van der Waals surface area contributed by atoms with E-state index in [0.717, 1.165) is 28.8 Å². The lowest BCUT2D eigenvalue weighted by atomic mass is 9.93. The van der Waals surface area contributed by atoms with E-state index in [1.165, 1.54) is 38.1 Å². The number of methoxy groups -OCH3 is 1. The maximum Gasteiger partial charge on any atom is 0.338 e. The first-order valence-corrected chi connectivity index (χ1v) is 12.3. The topological polar surface area (TPSA) is 71.0 Å². The lowest BCUT2D eigenvalue weighted by molar-refractivity contribution is -0.136. The molecule has 5 rings (SSSR count). The molecule has 2 fully saturated rings. The van der Waals surface area contributed by atoms with Gasteiger partial charge in [0.15, 0.2) is 5.17 Å². The van der Waals surface area contributed by atoms with Gasteiger partial charge in [-0.05, 0) is 61.1 Å². The minimum Gasteiger partial charge on any atom is -0.466 e. The molecule has 0 radical (unpaired) electrons. The van der Waals surface area contributed by atoms with Crippen LogP contribution in [-0.4, -0.2) is 35.1 Å². The molecule has 2 heterocycles. The van der Waals surface area contributed by atoms with Gasteiger partial charge in [0.05, 0.1) is 30.8 Å². The van der Waals surface area contributed by atoms with Gasteiger partial charge in [-0.2, -0.15) is 0 Å². The average molecular weight is 472 g/mol. The van der Waals surface area contributed by atoms with Crippen molar-refractivity contribution in [3.8, 4) is 0 Å². The van der Waals surface area contributed by atoms with Crippen LogP contribution in [0.15, 0.2) is 51.6 Å². The quantitative estimate of drug-likeness (QED) is 0.625. The SMILES string of the molecule is COC(=O)C1=C(C)N=C2SC=C(CC(=O)NC3CC4CCC3C4)N2C1c1ccc(Cl)cc1. The third kappa shape index (κ3) is 3.86. The fourth-order valence-corrected chi connectivity index (χ4v) is 6.64. The molecule has 2 aliphatic heterocycles. The van der Waals surface area contributed by atoms with Gasteiger partial charge in [0.25, 0.3) is 0 Å². The van der Waals surface area contributed by atoms with Crippen LogP contribution in [0.1, 0.15) is 50.6 Å². The molecule has 4 unspecified atom stereocenters. The highest BCUT2D eigenvalue weighted by molar-refractivity contribution is 8.16. The molecule has 1 amide bonds. The number of carbonyl (C=O) groups excluding carboxylic acids is 2. The molecule has 0 aromatic heterocycles. The summed E-state index contributed by atoms with van der Waals surface area (Å²) in [6.45, 7) is 1.82. The van der Waals surface area contributed by atoms with Crippen molar-refractivity contribution in [2.24, 2.45) is 16.8 Å². The molecule has 1 N–H and O–H groups in total. The summed E-state index contributed by atoms with van der Waals surface area (Å²) in [6.07, 6.45) is 5.12. The summed E-state index contributed by atoms with van der Waals surface area (Å²) in [7, 11) is 1.37. The molecule has 2 aliphatic carbocycles. The third-order valence-corrected chi connectivity index (χ3v) is 8.16. The smallest absolute Gasteiger partial charge is 0.338 e. The van der Waals surface area contributed by atoms with E-state index in [1.807, 2.05) is 29.4 Å². The first kappa shape index (κ1) is 21.6. The van der Waals surface area contributed by atoms with Crippen molar-refractivity contribution < 1.29 is 14.3 Å². The Bertz CT molecular complexity index is 1050. The monoisotopic (exact) mass is 471 g/mol. The summed E-state index contributed by atoms with van der Waals surface area (Å²) in [6, 6.07) is 7.29. The van der Waals surface area contributed by atoms with Crippen LogP contribution in [0.3, 0.4) is 0 Å². The normalized spacial score (nSPS) is 28.4. The highest BCUT2D eigenvalue weighted by atomic mass is 35.5. The van der Waals surface area contributed by atoms with Gasteiger partial charge in [0, 0.05) is 16.8 Å². The molecule has 32 heavy (non-hydrogen) atoms. The summed E-state index contributed by atoms with van der Waals surface area (Å²) >= 11 is 7.59. The van der Waals surface area contributed by atoms with Gasteiger partial charge < -0.3 is 15.0 Å². The Labute approximate surface area is 197 Å². The van der Waals surface area contributed by atoms with Crippen LogP contribution in [0.2, 0.25) is 5.02 Å². The van der Waals surface area contributed by atoms with E-state index in [9.17, 15) is 9.59 Å². The number of aliphatic imine (C=N–C) groups is 1. The molecular formula is C24H26ClN3O3S. The zero-order valence-corrected chi connectivity index (χ0v) is 19.7. The van der Waals surface area contributed by atoms with E-state index >= 15 is 0 Å². The fourth-order valence-electron chi connectivity index (χ4n) is 5.55. The van der Waals surface area contributed by atoms with Crippen molar-refractivity contribution in [3.05, 3.63) is 57.2 Å². The molecule has 4 aliphatic rings. The minimum absolute atomic E-state index is 0.0244. The van der Waals surface area contributed by atoms with Crippen molar-refractivity contribution in [1.82, 2.24) is 10.2 Å². The van der Waals surface area contributed by atoms with Gasteiger partial charge in [-0.25, -0.2) is 9.79 Å². The Balaban J connectivity index is 1.41. The predicted molar refractivity (Wildman–Crippen MR) is 126 cm³/mol. The van der Waals surface area contributed by atoms with Crippen molar-refractivity contribution in [1.29, 1.82) is 0 Å². The average Bonchev–Trinajstić information content (AvgIpc) is 3.49. The minimum atomic E-state index is -0.427. The number of esters is 1. The van der Waals surface area contributed by atoms with Gasteiger partial charge in [-0.1, -0.05) is 41.9 Å². The van der Waals surface area contributed by atoms with E-state index in [1.54, 1.807) is 12.1 Å². The number of ether oxygens (including phenoxy) is 1. The Morgan fingerprint density at radius 2 is 2.03 bits per heavy atom. The maximum absolute atomic E-state index is 13.0. The third-order valence-electron chi connectivity index (χ3n) is 7.02. The van der Waals surface area contributed by atoms with Gasteiger partial charge in [0.1, 0.15) is 0 Å². The lowest BCUT2D eigenvalue weighted by Gasteiger charge is -2.36. The van der Waals surface area contributed by atoms with E-state index in [2.05, 4.69) is 10.3 Å². The van der Waals surface area contributed by atoms with Crippen LogP contribution in [0.4, 0.5) is 0 Å². The van der Waals surface area contributed by atoms with Crippen LogP contribution in [0.25, 0.3) is 0 Å². The van der Waals surface area contributed by atoms with Crippen LogP contribution in [0.5, 0.6) is 0 Å². The summed E-state index contributed by atoms with van der Waals surface area (Å²) in [5, 5.41) is 6.62. The molecule has 0 saturated heterocycles. The lowest BCUT2D eigenvalue weighted by Crippen LogP contribution is -2.41. The number of benzene rings is 1. The molecule has 2 saturated carbocycles. The van der Waals surface area contributed by atoms with Gasteiger partial charge in [-0.3, -0.25) is 4.79 Å². The van der Waals surface area contributed by atoms with Gasteiger partial charge >= 0.3 is 5.97 Å². The van der Waals surface area contributed by atoms with E-state index in [-0.39, 0.29) is 12.3 Å². The molecule has 8 heteroatoms. The first-order chi connectivity index (χ1) is 15.4. The second-order valence-electron chi connectivity index (χ2n) is 8.96. The number of fused-ring (bicyclic) bond motifs is 3. The Morgan fingerprint density at radius 3 is 2.69 bits per heavy atom. The number of nitrogens with zero attached hydrogens (tertiary/aromatic N) is 2. The number of halogens is 1. The number of carbonyl (C=O) groups is 2. The van der Waals surface area contributed by atoms with Crippen molar-refractivity contribution >= 4 is 40.4 Å². The second kappa shape index (κ2) is 8.60. The Kier molecular flexibility index (Phi) is 5.80. The van der Waals surface area contributed by atoms with E-state index in [4.69, 9.17) is 16.3 Å². The van der Waals surface area contributed by atoms with Crippen molar-refractivity contribution in [2.45, 2.75) is 51.1 Å². The van der Waals surface area contributed by atoms with Crippen molar-refractivity contribution in [3.63, 3.8) is 0 Å². The zero-order valence-electron chi connectivity index (χ0n) is 18.1. The van der Waals surface area contributed by atoms with Crippen LogP contribution < -0.4 is 5.32 Å². The van der Waals surface area contributed by atoms with Gasteiger partial charge in [-0.15, -0.1) is 0 Å².